The maximum absolute atomic E-state index is 12.5. The summed E-state index contributed by atoms with van der Waals surface area (Å²) in [4.78, 5) is 12.0. The van der Waals surface area contributed by atoms with E-state index in [1.165, 1.54) is 12.1 Å². The first-order valence-corrected chi connectivity index (χ1v) is 7.59. The second kappa shape index (κ2) is 6.44. The molecule has 2 N–H and O–H groups in total. The van der Waals surface area contributed by atoms with Crippen molar-refractivity contribution in [3.05, 3.63) is 48.0 Å². The van der Waals surface area contributed by atoms with Crippen LogP contribution >= 0.6 is 11.7 Å². The first-order valence-electron chi connectivity index (χ1n) is 6.86. The number of rotatable bonds is 4. The highest BCUT2D eigenvalue weighted by molar-refractivity contribution is 7.00. The van der Waals surface area contributed by atoms with Crippen LogP contribution in [0.25, 0.3) is 11.0 Å². The number of hydrogen-bond donors (Lipinski definition) is 2. The average Bonchev–Trinajstić information content (AvgIpc) is 3.02. The Balaban J connectivity index is 1.61. The van der Waals surface area contributed by atoms with Crippen molar-refractivity contribution in [1.82, 2.24) is 8.75 Å². The highest BCUT2D eigenvalue weighted by atomic mass is 32.1. The smallest absolute Gasteiger partial charge is 0.376 e. The number of aromatic nitrogens is 2. The van der Waals surface area contributed by atoms with Gasteiger partial charge in [0.1, 0.15) is 11.0 Å². The van der Waals surface area contributed by atoms with Gasteiger partial charge in [0.05, 0.1) is 29.5 Å². The fourth-order valence-corrected chi connectivity index (χ4v) is 2.61. The van der Waals surface area contributed by atoms with Crippen LogP contribution in [0.2, 0.25) is 0 Å². The molecule has 1 aromatic heterocycles. The number of benzene rings is 2. The Kier molecular flexibility index (Phi) is 4.34. The van der Waals surface area contributed by atoms with Crippen LogP contribution in [0.15, 0.2) is 42.5 Å². The maximum atomic E-state index is 12.5. The summed E-state index contributed by atoms with van der Waals surface area (Å²) in [5.41, 5.74) is 1.52. The second-order valence-corrected chi connectivity index (χ2v) is 5.44. The van der Waals surface area contributed by atoms with Crippen LogP contribution in [0.3, 0.4) is 0 Å². The highest BCUT2D eigenvalue weighted by Gasteiger charge is 2.29. The zero-order chi connectivity index (χ0) is 17.2. The molecule has 0 aliphatic carbocycles. The summed E-state index contributed by atoms with van der Waals surface area (Å²) in [5, 5.41) is 5.47. The standard InChI is InChI=1S/C15H11F3N4OS/c16-15(17,18)9-4-6-10(7-5-9)19-8-13(23)20-11-2-1-3-12-14(11)22-24-21-12/h1-7,19H,8H2,(H,20,23). The minimum absolute atomic E-state index is 0.0840. The Hall–Kier alpha value is -2.68. The number of alkyl halides is 3. The molecule has 0 aliphatic heterocycles. The van der Waals surface area contributed by atoms with Crippen LogP contribution in [-0.2, 0) is 11.0 Å². The predicted molar refractivity (Wildman–Crippen MR) is 86.0 cm³/mol. The molecule has 0 aliphatic rings. The third kappa shape index (κ3) is 3.62. The van der Waals surface area contributed by atoms with E-state index in [-0.39, 0.29) is 12.5 Å². The van der Waals surface area contributed by atoms with Crippen LogP contribution in [-0.4, -0.2) is 21.2 Å². The van der Waals surface area contributed by atoms with E-state index in [0.717, 1.165) is 23.9 Å². The summed E-state index contributed by atoms with van der Waals surface area (Å²) in [7, 11) is 0. The third-order valence-corrected chi connectivity index (χ3v) is 3.77. The van der Waals surface area contributed by atoms with E-state index in [4.69, 9.17) is 0 Å². The van der Waals surface area contributed by atoms with Crippen molar-refractivity contribution in [2.24, 2.45) is 0 Å². The van der Waals surface area contributed by atoms with Crippen LogP contribution in [0, 0.1) is 0 Å². The molecule has 0 radical (unpaired) electrons. The average molecular weight is 352 g/mol. The number of anilines is 2. The van der Waals surface area contributed by atoms with Crippen molar-refractivity contribution in [2.45, 2.75) is 6.18 Å². The lowest BCUT2D eigenvalue weighted by molar-refractivity contribution is -0.137. The van der Waals surface area contributed by atoms with E-state index in [1.807, 2.05) is 0 Å². The minimum Gasteiger partial charge on any atom is -0.376 e. The number of hydrogen-bond acceptors (Lipinski definition) is 5. The van der Waals surface area contributed by atoms with Gasteiger partial charge in [-0.3, -0.25) is 4.79 Å². The fourth-order valence-electron chi connectivity index (χ4n) is 2.06. The Morgan fingerprint density at radius 2 is 1.83 bits per heavy atom. The number of carbonyl (C=O) groups excluding carboxylic acids is 1. The van der Waals surface area contributed by atoms with Crippen molar-refractivity contribution in [3.63, 3.8) is 0 Å². The Labute approximate surface area is 138 Å². The lowest BCUT2D eigenvalue weighted by Gasteiger charge is -2.10. The molecule has 1 heterocycles. The van der Waals surface area contributed by atoms with Crippen molar-refractivity contribution in [1.29, 1.82) is 0 Å². The molecule has 9 heteroatoms. The van der Waals surface area contributed by atoms with E-state index in [1.54, 1.807) is 18.2 Å². The minimum atomic E-state index is -4.38. The summed E-state index contributed by atoms with van der Waals surface area (Å²) in [5.74, 6) is -0.338. The molecule has 3 rings (SSSR count). The van der Waals surface area contributed by atoms with E-state index >= 15 is 0 Å². The molecule has 24 heavy (non-hydrogen) atoms. The van der Waals surface area contributed by atoms with E-state index in [0.29, 0.717) is 22.4 Å². The number of amides is 1. The number of nitrogens with zero attached hydrogens (tertiary/aromatic N) is 2. The zero-order valence-corrected chi connectivity index (χ0v) is 12.9. The topological polar surface area (TPSA) is 66.9 Å². The summed E-state index contributed by atoms with van der Waals surface area (Å²) in [6.45, 7) is -0.0840. The molecule has 0 unspecified atom stereocenters. The van der Waals surface area contributed by atoms with Crippen LogP contribution in [0.1, 0.15) is 5.56 Å². The van der Waals surface area contributed by atoms with Crippen molar-refractivity contribution < 1.29 is 18.0 Å². The zero-order valence-electron chi connectivity index (χ0n) is 12.1. The number of nitrogens with one attached hydrogen (secondary N) is 2. The number of fused-ring (bicyclic) bond motifs is 1. The maximum Gasteiger partial charge on any atom is 0.416 e. The molecule has 0 spiro atoms. The van der Waals surface area contributed by atoms with Gasteiger partial charge >= 0.3 is 6.18 Å². The van der Waals surface area contributed by atoms with Gasteiger partial charge in [-0.05, 0) is 36.4 Å². The van der Waals surface area contributed by atoms with Gasteiger partial charge in [-0.25, -0.2) is 0 Å². The van der Waals surface area contributed by atoms with Gasteiger partial charge in [-0.2, -0.15) is 21.9 Å². The van der Waals surface area contributed by atoms with Gasteiger partial charge in [0, 0.05) is 5.69 Å². The number of carbonyl (C=O) groups is 1. The van der Waals surface area contributed by atoms with Crippen molar-refractivity contribution in [3.8, 4) is 0 Å². The van der Waals surface area contributed by atoms with Gasteiger partial charge < -0.3 is 10.6 Å². The Morgan fingerprint density at radius 3 is 2.54 bits per heavy atom. The largest absolute Gasteiger partial charge is 0.416 e. The number of halogens is 3. The molecule has 0 bridgehead atoms. The molecule has 2 aromatic carbocycles. The summed E-state index contributed by atoms with van der Waals surface area (Å²) in [6, 6.07) is 9.73. The molecule has 3 aromatic rings. The molecule has 0 saturated carbocycles. The molecule has 0 saturated heterocycles. The predicted octanol–water partition coefficient (Wildman–Crippen LogP) is 3.76. The van der Waals surface area contributed by atoms with E-state index < -0.39 is 11.7 Å². The molecule has 5 nitrogen and oxygen atoms in total. The van der Waals surface area contributed by atoms with E-state index in [2.05, 4.69) is 19.4 Å². The second-order valence-electron chi connectivity index (χ2n) is 4.91. The fraction of sp³-hybridized carbons (Fsp3) is 0.133. The molecule has 124 valence electrons. The molecule has 1 amide bonds. The van der Waals surface area contributed by atoms with Crippen LogP contribution in [0.5, 0.6) is 0 Å². The Bertz CT molecular complexity index is 861. The SMILES string of the molecule is O=C(CNc1ccc(C(F)(F)F)cc1)Nc1cccc2nsnc12. The van der Waals surface area contributed by atoms with Gasteiger partial charge in [0.2, 0.25) is 5.91 Å². The van der Waals surface area contributed by atoms with Crippen LogP contribution < -0.4 is 10.6 Å². The summed E-state index contributed by atoms with van der Waals surface area (Å²) >= 11 is 1.05. The molecular weight excluding hydrogens is 341 g/mol. The highest BCUT2D eigenvalue weighted by Crippen LogP contribution is 2.29. The van der Waals surface area contributed by atoms with Gasteiger partial charge in [-0.15, -0.1) is 0 Å². The van der Waals surface area contributed by atoms with Gasteiger partial charge in [0.15, 0.2) is 0 Å². The first kappa shape index (κ1) is 16.2. The van der Waals surface area contributed by atoms with Gasteiger partial charge in [-0.1, -0.05) is 6.07 Å². The van der Waals surface area contributed by atoms with Crippen molar-refractivity contribution in [2.75, 3.05) is 17.2 Å². The lowest BCUT2D eigenvalue weighted by atomic mass is 10.2. The quantitative estimate of drug-likeness (QED) is 0.750. The summed E-state index contributed by atoms with van der Waals surface area (Å²) < 4.78 is 45.6. The monoisotopic (exact) mass is 352 g/mol. The lowest BCUT2D eigenvalue weighted by Crippen LogP contribution is -2.21. The van der Waals surface area contributed by atoms with Crippen molar-refractivity contribution >= 4 is 40.0 Å². The van der Waals surface area contributed by atoms with Crippen LogP contribution in [0.4, 0.5) is 24.5 Å². The van der Waals surface area contributed by atoms with E-state index in [9.17, 15) is 18.0 Å². The van der Waals surface area contributed by atoms with Gasteiger partial charge in [0.25, 0.3) is 0 Å². The Morgan fingerprint density at radius 1 is 1.08 bits per heavy atom. The molecule has 0 fully saturated rings. The normalized spacial score (nSPS) is 11.5. The first-order chi connectivity index (χ1) is 11.4. The summed E-state index contributed by atoms with van der Waals surface area (Å²) in [6.07, 6.45) is -4.38. The third-order valence-electron chi connectivity index (χ3n) is 3.23. The molecule has 0 atom stereocenters. The molecular formula is C15H11F3N4OS.